The van der Waals surface area contributed by atoms with Gasteiger partial charge in [0.25, 0.3) is 0 Å². The first kappa shape index (κ1) is 16.0. The molecule has 0 fully saturated rings. The molecular formula is C19H17N5O2. The van der Waals surface area contributed by atoms with Gasteiger partial charge in [0, 0.05) is 16.8 Å². The highest BCUT2D eigenvalue weighted by atomic mass is 16.6. The van der Waals surface area contributed by atoms with Gasteiger partial charge in [-0.25, -0.2) is 4.98 Å². The number of H-pyrrole nitrogens is 1. The van der Waals surface area contributed by atoms with Gasteiger partial charge in [-0.1, -0.05) is 6.92 Å². The van der Waals surface area contributed by atoms with Crippen LogP contribution in [0.15, 0.2) is 30.3 Å². The van der Waals surface area contributed by atoms with Crippen LogP contribution in [-0.4, -0.2) is 28.4 Å². The van der Waals surface area contributed by atoms with Crippen molar-refractivity contribution in [2.45, 2.75) is 13.3 Å². The number of pyridine rings is 1. The predicted molar refractivity (Wildman–Crippen MR) is 96.8 cm³/mol. The van der Waals surface area contributed by atoms with Crippen LogP contribution in [-0.2, 0) is 6.42 Å². The van der Waals surface area contributed by atoms with Gasteiger partial charge in [-0.2, -0.15) is 10.4 Å². The van der Waals surface area contributed by atoms with Gasteiger partial charge >= 0.3 is 0 Å². The van der Waals surface area contributed by atoms with Gasteiger partial charge < -0.3 is 15.2 Å². The molecule has 3 N–H and O–H groups in total. The summed E-state index contributed by atoms with van der Waals surface area (Å²) in [4.78, 5) is 4.40. The lowest BCUT2D eigenvalue weighted by Crippen LogP contribution is -2.15. The topological polar surface area (TPSA) is 110 Å². The summed E-state index contributed by atoms with van der Waals surface area (Å²) in [6, 6.07) is 11.5. The Labute approximate surface area is 150 Å². The van der Waals surface area contributed by atoms with Crippen molar-refractivity contribution < 1.29 is 9.47 Å². The third-order valence-corrected chi connectivity index (χ3v) is 4.28. The highest BCUT2D eigenvalue weighted by molar-refractivity contribution is 5.79. The van der Waals surface area contributed by atoms with Gasteiger partial charge in [0.2, 0.25) is 0 Å². The SMILES string of the molecule is CCc1cc(-c2cc(-c3ccc4c(c3)OCCO4)nc(N)c2C#N)n[nH]1. The summed E-state index contributed by atoms with van der Waals surface area (Å²) in [6.45, 7) is 3.08. The van der Waals surface area contributed by atoms with Crippen LogP contribution in [0.4, 0.5) is 5.82 Å². The maximum Gasteiger partial charge on any atom is 0.162 e. The minimum absolute atomic E-state index is 0.177. The lowest BCUT2D eigenvalue weighted by Gasteiger charge is -2.19. The van der Waals surface area contributed by atoms with Gasteiger partial charge in [0.1, 0.15) is 30.7 Å². The molecule has 130 valence electrons. The van der Waals surface area contributed by atoms with Crippen molar-refractivity contribution in [2.24, 2.45) is 0 Å². The Morgan fingerprint density at radius 1 is 1.15 bits per heavy atom. The molecule has 7 heteroatoms. The Kier molecular flexibility index (Phi) is 3.93. The lowest BCUT2D eigenvalue weighted by molar-refractivity contribution is 0.171. The molecule has 2 aromatic heterocycles. The molecule has 7 nitrogen and oxygen atoms in total. The monoisotopic (exact) mass is 347 g/mol. The minimum Gasteiger partial charge on any atom is -0.486 e. The third kappa shape index (κ3) is 2.71. The Hall–Kier alpha value is -3.53. The minimum atomic E-state index is 0.177. The van der Waals surface area contributed by atoms with Crippen molar-refractivity contribution in [3.63, 3.8) is 0 Å². The first-order chi connectivity index (χ1) is 12.7. The molecule has 4 rings (SSSR count). The fourth-order valence-corrected chi connectivity index (χ4v) is 2.92. The van der Waals surface area contributed by atoms with Crippen LogP contribution in [0, 0.1) is 11.3 Å². The second-order valence-electron chi connectivity index (χ2n) is 5.92. The van der Waals surface area contributed by atoms with E-state index in [9.17, 15) is 5.26 Å². The number of hydrogen-bond acceptors (Lipinski definition) is 6. The number of nitrogens with zero attached hydrogens (tertiary/aromatic N) is 3. The van der Waals surface area contributed by atoms with Crippen LogP contribution in [0.25, 0.3) is 22.5 Å². The number of rotatable bonds is 3. The first-order valence-corrected chi connectivity index (χ1v) is 8.35. The van der Waals surface area contributed by atoms with Gasteiger partial charge in [-0.3, -0.25) is 5.10 Å². The normalized spacial score (nSPS) is 12.6. The van der Waals surface area contributed by atoms with E-state index < -0.39 is 0 Å². The van der Waals surface area contributed by atoms with Gasteiger partial charge in [-0.05, 0) is 36.8 Å². The summed E-state index contributed by atoms with van der Waals surface area (Å²) >= 11 is 0. The number of nitrogens with one attached hydrogen (secondary N) is 1. The molecule has 0 saturated heterocycles. The molecule has 0 bridgehead atoms. The lowest BCUT2D eigenvalue weighted by atomic mass is 10.0. The summed E-state index contributed by atoms with van der Waals surface area (Å²) in [7, 11) is 0. The van der Waals surface area contributed by atoms with Crippen molar-refractivity contribution >= 4 is 5.82 Å². The fourth-order valence-electron chi connectivity index (χ4n) is 2.92. The molecule has 0 amide bonds. The number of aryl methyl sites for hydroxylation is 1. The van der Waals surface area contributed by atoms with E-state index in [0.717, 1.165) is 17.7 Å². The number of fused-ring (bicyclic) bond motifs is 1. The molecule has 3 aromatic rings. The van der Waals surface area contributed by atoms with Crippen LogP contribution in [0.1, 0.15) is 18.2 Å². The zero-order valence-electron chi connectivity index (χ0n) is 14.2. The number of ether oxygens (including phenoxy) is 2. The molecule has 0 atom stereocenters. The van der Waals surface area contributed by atoms with Crippen molar-refractivity contribution in [2.75, 3.05) is 18.9 Å². The van der Waals surface area contributed by atoms with Crippen molar-refractivity contribution in [1.82, 2.24) is 15.2 Å². The number of aromatic amines is 1. The fraction of sp³-hybridized carbons (Fsp3) is 0.211. The van der Waals surface area contributed by atoms with E-state index >= 15 is 0 Å². The van der Waals surface area contributed by atoms with Crippen molar-refractivity contribution in [3.8, 4) is 40.1 Å². The summed E-state index contributed by atoms with van der Waals surface area (Å²) < 4.78 is 11.2. The maximum absolute atomic E-state index is 9.50. The number of anilines is 1. The van der Waals surface area contributed by atoms with Crippen molar-refractivity contribution in [1.29, 1.82) is 5.26 Å². The number of nitrogens with two attached hydrogens (primary N) is 1. The Morgan fingerprint density at radius 2 is 1.96 bits per heavy atom. The molecule has 3 heterocycles. The number of nitriles is 1. The van der Waals surface area contributed by atoms with Crippen LogP contribution >= 0.6 is 0 Å². The summed E-state index contributed by atoms with van der Waals surface area (Å²) in [5.41, 5.74) is 10.2. The number of aromatic nitrogens is 3. The largest absolute Gasteiger partial charge is 0.486 e. The quantitative estimate of drug-likeness (QED) is 0.754. The van der Waals surface area contributed by atoms with E-state index in [1.54, 1.807) is 0 Å². The second kappa shape index (κ2) is 6.41. The summed E-state index contributed by atoms with van der Waals surface area (Å²) in [5.74, 6) is 1.56. The Bertz CT molecular complexity index is 1020. The smallest absolute Gasteiger partial charge is 0.162 e. The Morgan fingerprint density at radius 3 is 2.69 bits per heavy atom. The van der Waals surface area contributed by atoms with Crippen LogP contribution in [0.5, 0.6) is 11.5 Å². The zero-order valence-corrected chi connectivity index (χ0v) is 14.2. The second-order valence-corrected chi connectivity index (χ2v) is 5.92. The molecule has 0 spiro atoms. The molecule has 1 aliphatic heterocycles. The van der Waals surface area contributed by atoms with E-state index in [-0.39, 0.29) is 5.82 Å². The van der Waals surface area contributed by atoms with E-state index in [2.05, 4.69) is 21.3 Å². The zero-order chi connectivity index (χ0) is 18.1. The van der Waals surface area contributed by atoms with Crippen LogP contribution < -0.4 is 15.2 Å². The van der Waals surface area contributed by atoms with Crippen LogP contribution in [0.3, 0.4) is 0 Å². The van der Waals surface area contributed by atoms with E-state index in [1.807, 2.05) is 37.3 Å². The highest BCUT2D eigenvalue weighted by Gasteiger charge is 2.18. The molecular weight excluding hydrogens is 330 g/mol. The predicted octanol–water partition coefficient (Wildman–Crippen LogP) is 2.93. The van der Waals surface area contributed by atoms with Gasteiger partial charge in [0.15, 0.2) is 11.5 Å². The first-order valence-electron chi connectivity index (χ1n) is 8.35. The maximum atomic E-state index is 9.50. The Balaban J connectivity index is 1.84. The van der Waals surface area contributed by atoms with E-state index in [0.29, 0.717) is 47.2 Å². The van der Waals surface area contributed by atoms with E-state index in [4.69, 9.17) is 15.2 Å². The summed E-state index contributed by atoms with van der Waals surface area (Å²) in [6.07, 6.45) is 0.824. The molecule has 0 unspecified atom stereocenters. The molecule has 1 aromatic carbocycles. The molecule has 0 aliphatic carbocycles. The number of nitrogen functional groups attached to an aromatic ring is 1. The third-order valence-electron chi connectivity index (χ3n) is 4.28. The molecule has 0 radical (unpaired) electrons. The summed E-state index contributed by atoms with van der Waals surface area (Å²) in [5, 5.41) is 16.8. The van der Waals surface area contributed by atoms with Crippen molar-refractivity contribution in [3.05, 3.63) is 41.6 Å². The number of benzene rings is 1. The standard InChI is InChI=1S/C19H17N5O2/c1-2-12-8-16(24-23-12)13-9-15(22-19(21)14(13)10-20)11-3-4-17-18(7-11)26-6-5-25-17/h3-4,7-9H,2,5-6H2,1H3,(H2,21,22)(H,23,24). The average molecular weight is 347 g/mol. The molecule has 0 saturated carbocycles. The molecule has 1 aliphatic rings. The van der Waals surface area contributed by atoms with E-state index in [1.165, 1.54) is 0 Å². The highest BCUT2D eigenvalue weighted by Crippen LogP contribution is 2.36. The number of hydrogen-bond donors (Lipinski definition) is 2. The molecule has 26 heavy (non-hydrogen) atoms. The average Bonchev–Trinajstić information content (AvgIpc) is 3.16. The van der Waals surface area contributed by atoms with Crippen LogP contribution in [0.2, 0.25) is 0 Å². The van der Waals surface area contributed by atoms with Gasteiger partial charge in [0.05, 0.1) is 11.4 Å². The van der Waals surface area contributed by atoms with Gasteiger partial charge in [-0.15, -0.1) is 0 Å².